The van der Waals surface area contributed by atoms with Gasteiger partial charge in [0.25, 0.3) is 0 Å². The summed E-state index contributed by atoms with van der Waals surface area (Å²) >= 11 is 0. The van der Waals surface area contributed by atoms with Crippen LogP contribution in [0.2, 0.25) is 0 Å². The van der Waals surface area contributed by atoms with Crippen molar-refractivity contribution in [1.29, 1.82) is 0 Å². The fraction of sp³-hybridized carbons (Fsp3) is 1.00. The molecule has 0 aliphatic carbocycles. The topological polar surface area (TPSA) is 0 Å². The zero-order valence-electron chi connectivity index (χ0n) is 24.1. The zero-order chi connectivity index (χ0) is 24.1. The number of hydrogen-bond donors (Lipinski definition) is 0. The van der Waals surface area contributed by atoms with Crippen LogP contribution in [0.5, 0.6) is 0 Å². The van der Waals surface area contributed by atoms with Gasteiger partial charge < -0.3 is 0 Å². The molecule has 0 radical (unpaired) electrons. The zero-order valence-corrected chi connectivity index (χ0v) is 24.1. The van der Waals surface area contributed by atoms with Crippen LogP contribution in [0.25, 0.3) is 0 Å². The molecule has 0 nitrogen and oxygen atoms in total. The highest BCUT2D eigenvalue weighted by Crippen LogP contribution is 2.38. The number of hydrogen-bond acceptors (Lipinski definition) is 0. The van der Waals surface area contributed by atoms with Gasteiger partial charge >= 0.3 is 0 Å². The first-order chi connectivity index (χ1) is 14.4. The smallest absolute Gasteiger partial charge is 0.0354 e. The van der Waals surface area contributed by atoms with Crippen molar-refractivity contribution in [3.63, 3.8) is 0 Å². The minimum atomic E-state index is 0.462. The van der Waals surface area contributed by atoms with Gasteiger partial charge in [0.1, 0.15) is 0 Å². The van der Waals surface area contributed by atoms with E-state index in [1.807, 2.05) is 0 Å². The van der Waals surface area contributed by atoms with E-state index in [0.29, 0.717) is 10.8 Å². The van der Waals surface area contributed by atoms with Gasteiger partial charge in [-0.3, -0.25) is 0 Å². The van der Waals surface area contributed by atoms with Gasteiger partial charge in [-0.2, -0.15) is 0 Å². The van der Waals surface area contributed by atoms with E-state index in [4.69, 9.17) is 0 Å². The molecule has 0 aromatic rings. The van der Waals surface area contributed by atoms with Gasteiger partial charge in [-0.15, -0.1) is 0 Å². The Morgan fingerprint density at radius 1 is 0.419 bits per heavy atom. The van der Waals surface area contributed by atoms with Crippen molar-refractivity contribution >= 4 is 0 Å². The minimum absolute atomic E-state index is 0.462. The third-order valence-corrected chi connectivity index (χ3v) is 8.79. The monoisotopic (exact) mass is 437 g/mol. The molecule has 0 aromatic carbocycles. The quantitative estimate of drug-likeness (QED) is 0.199. The van der Waals surface area contributed by atoms with E-state index < -0.39 is 0 Å². The molecule has 0 bridgehead atoms. The summed E-state index contributed by atoms with van der Waals surface area (Å²) in [5.41, 5.74) is 0.930. The lowest BCUT2D eigenvalue weighted by atomic mass is 9.72. The molecule has 0 spiro atoms. The van der Waals surface area contributed by atoms with Crippen LogP contribution in [0.1, 0.15) is 160 Å². The molecule has 188 valence electrons. The van der Waals surface area contributed by atoms with Crippen LogP contribution < -0.4 is 0 Å². The predicted molar refractivity (Wildman–Crippen MR) is 145 cm³/mol. The van der Waals surface area contributed by atoms with Crippen molar-refractivity contribution in [2.24, 2.45) is 40.4 Å². The maximum absolute atomic E-state index is 2.44. The summed E-state index contributed by atoms with van der Waals surface area (Å²) in [6.07, 6.45) is 18.4. The molecule has 0 aromatic heterocycles. The molecule has 5 unspecified atom stereocenters. The molecule has 0 aliphatic heterocycles. The molecule has 0 heterocycles. The first kappa shape index (κ1) is 31.0. The van der Waals surface area contributed by atoms with Gasteiger partial charge in [0, 0.05) is 0 Å². The van der Waals surface area contributed by atoms with E-state index in [1.54, 1.807) is 0 Å². The highest BCUT2D eigenvalue weighted by Gasteiger charge is 2.27. The molecule has 31 heavy (non-hydrogen) atoms. The van der Waals surface area contributed by atoms with Crippen LogP contribution in [0.4, 0.5) is 0 Å². The Labute approximate surface area is 200 Å². The number of rotatable bonds is 17. The molecular formula is C31H64. The second kappa shape index (κ2) is 15.8. The van der Waals surface area contributed by atoms with Gasteiger partial charge in [-0.05, 0) is 59.7 Å². The maximum Gasteiger partial charge on any atom is -0.0354 e. The summed E-state index contributed by atoms with van der Waals surface area (Å²) in [6.45, 7) is 26.7. The minimum Gasteiger partial charge on any atom is -0.0651 e. The summed E-state index contributed by atoms with van der Waals surface area (Å²) in [6, 6.07) is 0. The van der Waals surface area contributed by atoms with Crippen LogP contribution in [0.3, 0.4) is 0 Å². The Kier molecular flexibility index (Phi) is 15.8. The molecule has 0 aliphatic rings. The second-order valence-electron chi connectivity index (χ2n) is 13.1. The van der Waals surface area contributed by atoms with Crippen LogP contribution in [-0.2, 0) is 0 Å². The molecular weight excluding hydrogens is 372 g/mol. The average molecular weight is 437 g/mol. The van der Waals surface area contributed by atoms with Crippen LogP contribution in [0.15, 0.2) is 0 Å². The highest BCUT2D eigenvalue weighted by atomic mass is 14.3. The molecule has 0 saturated carbocycles. The Hall–Kier alpha value is 0. The van der Waals surface area contributed by atoms with Crippen LogP contribution in [-0.4, -0.2) is 0 Å². The fourth-order valence-corrected chi connectivity index (χ4v) is 5.99. The van der Waals surface area contributed by atoms with Crippen LogP contribution in [0, 0.1) is 40.4 Å². The summed E-state index contributed by atoms with van der Waals surface area (Å²) in [4.78, 5) is 0. The Balaban J connectivity index is 4.39. The molecule has 0 fully saturated rings. The Morgan fingerprint density at radius 3 is 1.10 bits per heavy atom. The summed E-state index contributed by atoms with van der Waals surface area (Å²) in [5.74, 6) is 4.59. The van der Waals surface area contributed by atoms with Crippen molar-refractivity contribution in [2.75, 3.05) is 0 Å². The fourth-order valence-electron chi connectivity index (χ4n) is 5.99. The third kappa shape index (κ3) is 13.3. The lowest BCUT2D eigenvalue weighted by Gasteiger charge is -2.34. The van der Waals surface area contributed by atoms with Gasteiger partial charge in [-0.25, -0.2) is 0 Å². The molecule has 0 heteroatoms. The summed E-state index contributed by atoms with van der Waals surface area (Å²) in [5, 5.41) is 0. The predicted octanol–water partition coefficient (Wildman–Crippen LogP) is 11.3. The Bertz CT molecular complexity index is 407. The van der Waals surface area contributed by atoms with Gasteiger partial charge in [0.2, 0.25) is 0 Å². The SMILES string of the molecule is CCC(CCCCCC(CC)CC(CC)C(C)(C)C)CC(CC)CC(CC)C(C)(C)C. The first-order valence-corrected chi connectivity index (χ1v) is 14.4. The summed E-state index contributed by atoms with van der Waals surface area (Å²) < 4.78 is 0. The van der Waals surface area contributed by atoms with Gasteiger partial charge in [0.15, 0.2) is 0 Å². The number of unbranched alkanes of at least 4 members (excludes halogenated alkanes) is 2. The molecule has 0 N–H and O–H groups in total. The van der Waals surface area contributed by atoms with E-state index in [2.05, 4.69) is 76.2 Å². The van der Waals surface area contributed by atoms with Crippen molar-refractivity contribution in [3.8, 4) is 0 Å². The van der Waals surface area contributed by atoms with Crippen molar-refractivity contribution in [3.05, 3.63) is 0 Å². The average Bonchev–Trinajstić information content (AvgIpc) is 2.69. The lowest BCUT2D eigenvalue weighted by molar-refractivity contribution is 0.170. The van der Waals surface area contributed by atoms with Gasteiger partial charge in [0.05, 0.1) is 0 Å². The summed E-state index contributed by atoms with van der Waals surface area (Å²) in [7, 11) is 0. The van der Waals surface area contributed by atoms with E-state index in [9.17, 15) is 0 Å². The largest absolute Gasteiger partial charge is 0.0651 e. The molecule has 5 atom stereocenters. The molecule has 0 saturated heterocycles. The standard InChI is InChI=1S/C31H64/c1-12-25(22-27(14-3)24-29(16-5)31(9,10)11)20-18-17-19-21-26(13-2)23-28(15-4)30(6,7)8/h25-29H,12-24H2,1-11H3. The van der Waals surface area contributed by atoms with Crippen LogP contribution >= 0.6 is 0 Å². The third-order valence-electron chi connectivity index (χ3n) is 8.79. The Morgan fingerprint density at radius 2 is 0.774 bits per heavy atom. The maximum atomic E-state index is 2.44. The second-order valence-corrected chi connectivity index (χ2v) is 13.1. The normalized spacial score (nSPS) is 17.9. The highest BCUT2D eigenvalue weighted by molar-refractivity contribution is 4.78. The van der Waals surface area contributed by atoms with E-state index >= 15 is 0 Å². The van der Waals surface area contributed by atoms with E-state index in [-0.39, 0.29) is 0 Å². The lowest BCUT2D eigenvalue weighted by Crippen LogP contribution is -2.23. The van der Waals surface area contributed by atoms with Gasteiger partial charge in [-0.1, -0.05) is 140 Å². The van der Waals surface area contributed by atoms with E-state index in [0.717, 1.165) is 29.6 Å². The first-order valence-electron chi connectivity index (χ1n) is 14.4. The van der Waals surface area contributed by atoms with E-state index in [1.165, 1.54) is 83.5 Å². The molecule has 0 amide bonds. The van der Waals surface area contributed by atoms with Crippen molar-refractivity contribution in [2.45, 2.75) is 160 Å². The van der Waals surface area contributed by atoms with Crippen molar-refractivity contribution < 1.29 is 0 Å². The molecule has 0 rings (SSSR count). The van der Waals surface area contributed by atoms with Crippen molar-refractivity contribution in [1.82, 2.24) is 0 Å².